The van der Waals surface area contributed by atoms with Gasteiger partial charge in [-0.25, -0.2) is 0 Å². The third-order valence-electron chi connectivity index (χ3n) is 3.79. The summed E-state index contributed by atoms with van der Waals surface area (Å²) in [5.74, 6) is 0.469. The van der Waals surface area contributed by atoms with Crippen molar-refractivity contribution >= 4 is 28.3 Å². The van der Waals surface area contributed by atoms with E-state index >= 15 is 0 Å². The summed E-state index contributed by atoms with van der Waals surface area (Å²) in [6.07, 6.45) is 1.99. The molecular formula is C19H19N3O3. The monoisotopic (exact) mass is 337 g/mol. The van der Waals surface area contributed by atoms with Crippen molar-refractivity contribution in [3.63, 3.8) is 0 Å². The molecule has 1 amide bonds. The first-order chi connectivity index (χ1) is 12.2. The minimum atomic E-state index is -0.192. The lowest BCUT2D eigenvalue weighted by Gasteiger charge is -2.06. The van der Waals surface area contributed by atoms with Gasteiger partial charge in [0.2, 0.25) is 5.91 Å². The zero-order chi connectivity index (χ0) is 17.6. The number of ether oxygens (including phenoxy) is 1. The van der Waals surface area contributed by atoms with Crippen molar-refractivity contribution in [2.75, 3.05) is 11.9 Å². The molecule has 0 radical (unpaired) electrons. The van der Waals surface area contributed by atoms with Gasteiger partial charge in [0.05, 0.1) is 18.3 Å². The van der Waals surface area contributed by atoms with E-state index in [4.69, 9.17) is 4.74 Å². The zero-order valence-corrected chi connectivity index (χ0v) is 13.9. The van der Waals surface area contributed by atoms with Gasteiger partial charge < -0.3 is 10.1 Å². The zero-order valence-electron chi connectivity index (χ0n) is 13.9. The summed E-state index contributed by atoms with van der Waals surface area (Å²) in [4.78, 5) is 24.2. The van der Waals surface area contributed by atoms with Crippen molar-refractivity contribution in [3.05, 3.63) is 54.2 Å². The number of nitrogens with one attached hydrogen (secondary N) is 2. The lowest BCUT2D eigenvalue weighted by molar-refractivity contribution is -0.116. The van der Waals surface area contributed by atoms with Crippen LogP contribution in [-0.2, 0) is 4.79 Å². The molecule has 0 unspecified atom stereocenters. The molecule has 0 aliphatic rings. The third-order valence-corrected chi connectivity index (χ3v) is 3.79. The van der Waals surface area contributed by atoms with Gasteiger partial charge in [-0.15, -0.1) is 0 Å². The summed E-state index contributed by atoms with van der Waals surface area (Å²) in [7, 11) is 0. The van der Waals surface area contributed by atoms with E-state index in [-0.39, 0.29) is 24.5 Å². The molecule has 0 aliphatic heterocycles. The molecule has 6 heteroatoms. The van der Waals surface area contributed by atoms with Crippen LogP contribution in [0, 0.1) is 0 Å². The average Bonchev–Trinajstić information content (AvgIpc) is 3.08. The number of rotatable bonds is 7. The van der Waals surface area contributed by atoms with Crippen LogP contribution in [0.2, 0.25) is 0 Å². The fourth-order valence-electron chi connectivity index (χ4n) is 2.52. The van der Waals surface area contributed by atoms with Gasteiger partial charge in [0.1, 0.15) is 5.75 Å². The number of ketones is 1. The molecule has 3 rings (SSSR count). The van der Waals surface area contributed by atoms with Crippen LogP contribution in [-0.4, -0.2) is 28.5 Å². The molecular weight excluding hydrogens is 318 g/mol. The molecule has 0 aliphatic carbocycles. The Hall–Kier alpha value is -3.15. The number of benzene rings is 2. The highest BCUT2D eigenvalue weighted by Gasteiger charge is 2.10. The van der Waals surface area contributed by atoms with E-state index in [1.54, 1.807) is 36.5 Å². The number of nitrogens with zero attached hydrogens (tertiary/aromatic N) is 1. The predicted octanol–water partition coefficient (Wildman–Crippen LogP) is 3.56. The van der Waals surface area contributed by atoms with Crippen molar-refractivity contribution < 1.29 is 14.3 Å². The molecule has 128 valence electrons. The van der Waals surface area contributed by atoms with Crippen LogP contribution in [0.3, 0.4) is 0 Å². The lowest BCUT2D eigenvalue weighted by atomic mass is 10.1. The maximum atomic E-state index is 12.2. The second-order valence-electron chi connectivity index (χ2n) is 5.60. The van der Waals surface area contributed by atoms with Crippen LogP contribution in [0.1, 0.15) is 30.1 Å². The van der Waals surface area contributed by atoms with Crippen molar-refractivity contribution in [1.82, 2.24) is 10.2 Å². The van der Waals surface area contributed by atoms with Crippen molar-refractivity contribution in [2.45, 2.75) is 19.8 Å². The van der Waals surface area contributed by atoms with Gasteiger partial charge in [0, 0.05) is 29.5 Å². The lowest BCUT2D eigenvalue weighted by Crippen LogP contribution is -2.13. The summed E-state index contributed by atoms with van der Waals surface area (Å²) < 4.78 is 5.35. The highest BCUT2D eigenvalue weighted by Crippen LogP contribution is 2.17. The number of hydrogen-bond acceptors (Lipinski definition) is 4. The standard InChI is InChI=1S/C19H19N3O3/c1-2-25-16-6-3-13(4-7-16)18(23)9-10-19(24)21-15-5-8-17-14(11-15)12-20-22-17/h3-8,11-12H,2,9-10H2,1H3,(H,20,22)(H,21,24). The van der Waals surface area contributed by atoms with E-state index in [1.807, 2.05) is 19.1 Å². The van der Waals surface area contributed by atoms with Gasteiger partial charge >= 0.3 is 0 Å². The van der Waals surface area contributed by atoms with Crippen molar-refractivity contribution in [1.29, 1.82) is 0 Å². The average molecular weight is 337 g/mol. The molecule has 0 bridgehead atoms. The first-order valence-electron chi connectivity index (χ1n) is 8.15. The number of Topliss-reactive ketones (excluding diaryl/α,β-unsaturated/α-hetero) is 1. The Morgan fingerprint density at radius 2 is 1.92 bits per heavy atom. The van der Waals surface area contributed by atoms with Gasteiger partial charge in [0.15, 0.2) is 5.78 Å². The Morgan fingerprint density at radius 3 is 2.68 bits per heavy atom. The molecule has 25 heavy (non-hydrogen) atoms. The molecule has 0 saturated carbocycles. The van der Waals surface area contributed by atoms with Gasteiger partial charge in [-0.1, -0.05) is 0 Å². The Balaban J connectivity index is 1.53. The van der Waals surface area contributed by atoms with Crippen LogP contribution >= 0.6 is 0 Å². The van der Waals surface area contributed by atoms with E-state index < -0.39 is 0 Å². The Morgan fingerprint density at radius 1 is 1.12 bits per heavy atom. The number of hydrogen-bond donors (Lipinski definition) is 2. The van der Waals surface area contributed by atoms with E-state index in [2.05, 4.69) is 15.5 Å². The summed E-state index contributed by atoms with van der Waals surface area (Å²) in [5.41, 5.74) is 2.17. The summed E-state index contributed by atoms with van der Waals surface area (Å²) in [6.45, 7) is 2.49. The fraction of sp³-hybridized carbons (Fsp3) is 0.211. The van der Waals surface area contributed by atoms with Crippen molar-refractivity contribution in [2.24, 2.45) is 0 Å². The number of aromatic nitrogens is 2. The molecule has 2 aromatic carbocycles. The van der Waals surface area contributed by atoms with Crippen LogP contribution in [0.15, 0.2) is 48.7 Å². The SMILES string of the molecule is CCOc1ccc(C(=O)CCC(=O)Nc2ccc3[nH]ncc3c2)cc1. The molecule has 2 N–H and O–H groups in total. The van der Waals surface area contributed by atoms with E-state index in [0.29, 0.717) is 17.9 Å². The fourth-order valence-corrected chi connectivity index (χ4v) is 2.52. The Bertz CT molecular complexity index is 884. The third kappa shape index (κ3) is 4.23. The van der Waals surface area contributed by atoms with Gasteiger partial charge in [0.25, 0.3) is 0 Å². The Kier molecular flexibility index (Phi) is 5.09. The highest BCUT2D eigenvalue weighted by atomic mass is 16.5. The maximum Gasteiger partial charge on any atom is 0.224 e. The number of amides is 1. The second kappa shape index (κ2) is 7.61. The van der Waals surface area contributed by atoms with Crippen LogP contribution < -0.4 is 10.1 Å². The minimum Gasteiger partial charge on any atom is -0.494 e. The quantitative estimate of drug-likeness (QED) is 0.646. The van der Waals surface area contributed by atoms with Crippen LogP contribution in [0.25, 0.3) is 10.9 Å². The maximum absolute atomic E-state index is 12.2. The molecule has 0 fully saturated rings. The summed E-state index contributed by atoms with van der Waals surface area (Å²) in [5, 5.41) is 10.5. The molecule has 1 heterocycles. The number of carbonyl (C=O) groups excluding carboxylic acids is 2. The molecule has 3 aromatic rings. The summed E-state index contributed by atoms with van der Waals surface area (Å²) in [6, 6.07) is 12.4. The molecule has 0 atom stereocenters. The first-order valence-corrected chi connectivity index (χ1v) is 8.15. The topological polar surface area (TPSA) is 84.1 Å². The van der Waals surface area contributed by atoms with E-state index in [9.17, 15) is 9.59 Å². The van der Waals surface area contributed by atoms with Gasteiger partial charge in [-0.3, -0.25) is 14.7 Å². The molecule has 0 saturated heterocycles. The second-order valence-corrected chi connectivity index (χ2v) is 5.60. The van der Waals surface area contributed by atoms with Crippen LogP contribution in [0.4, 0.5) is 5.69 Å². The smallest absolute Gasteiger partial charge is 0.224 e. The van der Waals surface area contributed by atoms with Gasteiger partial charge in [-0.2, -0.15) is 5.10 Å². The number of carbonyl (C=O) groups is 2. The highest BCUT2D eigenvalue weighted by molar-refractivity contribution is 6.00. The minimum absolute atomic E-state index is 0.0662. The Labute approximate surface area is 145 Å². The molecule has 1 aromatic heterocycles. The number of aromatic amines is 1. The largest absolute Gasteiger partial charge is 0.494 e. The normalized spacial score (nSPS) is 10.6. The number of fused-ring (bicyclic) bond motifs is 1. The summed E-state index contributed by atoms with van der Waals surface area (Å²) >= 11 is 0. The first kappa shape index (κ1) is 16.7. The number of H-pyrrole nitrogens is 1. The molecule has 0 spiro atoms. The van der Waals surface area contributed by atoms with Gasteiger partial charge in [-0.05, 0) is 49.4 Å². The van der Waals surface area contributed by atoms with Crippen LogP contribution in [0.5, 0.6) is 5.75 Å². The predicted molar refractivity (Wildman–Crippen MR) is 95.9 cm³/mol. The molecule has 6 nitrogen and oxygen atoms in total. The van der Waals surface area contributed by atoms with Crippen molar-refractivity contribution in [3.8, 4) is 5.75 Å². The van der Waals surface area contributed by atoms with E-state index in [0.717, 1.165) is 16.7 Å². The van der Waals surface area contributed by atoms with E-state index in [1.165, 1.54) is 0 Å². The number of anilines is 1.